The molecule has 5 rings (SSSR count). The summed E-state index contributed by atoms with van der Waals surface area (Å²) in [5.41, 5.74) is 1.41. The summed E-state index contributed by atoms with van der Waals surface area (Å²) in [4.78, 5) is 22.1. The average Bonchev–Trinajstić information content (AvgIpc) is 3.60. The van der Waals surface area contributed by atoms with Crippen molar-refractivity contribution in [2.75, 3.05) is 7.11 Å². The summed E-state index contributed by atoms with van der Waals surface area (Å²) in [7, 11) is 1.62. The number of ether oxygens (including phenoxy) is 1. The molecule has 10 heteroatoms. The van der Waals surface area contributed by atoms with Gasteiger partial charge in [0.05, 0.1) is 12.7 Å². The number of rotatable bonds is 9. The molecule has 0 spiro atoms. The Labute approximate surface area is 190 Å². The molecule has 0 aliphatic carbocycles. The van der Waals surface area contributed by atoms with Gasteiger partial charge in [-0.2, -0.15) is 4.98 Å². The lowest BCUT2D eigenvalue weighted by Gasteiger charge is -2.12. The number of hydrogen-bond donors (Lipinski definition) is 0. The minimum absolute atomic E-state index is 0.101. The van der Waals surface area contributed by atoms with Crippen molar-refractivity contribution in [3.8, 4) is 17.2 Å². The third-order valence-corrected chi connectivity index (χ3v) is 5.81. The van der Waals surface area contributed by atoms with Gasteiger partial charge in [0.25, 0.3) is 11.4 Å². The molecule has 0 fully saturated rings. The highest BCUT2D eigenvalue weighted by atomic mass is 16.5. The number of hydrogen-bond acceptors (Lipinski definition) is 8. The van der Waals surface area contributed by atoms with Crippen molar-refractivity contribution in [1.29, 1.82) is 0 Å². The quantitative estimate of drug-likeness (QED) is 0.362. The van der Waals surface area contributed by atoms with E-state index in [2.05, 4.69) is 32.3 Å². The predicted molar refractivity (Wildman–Crippen MR) is 122 cm³/mol. The zero-order valence-corrected chi connectivity index (χ0v) is 18.7. The van der Waals surface area contributed by atoms with E-state index in [1.165, 1.54) is 0 Å². The normalized spacial score (nSPS) is 12.5. The van der Waals surface area contributed by atoms with E-state index in [1.54, 1.807) is 17.7 Å². The van der Waals surface area contributed by atoms with Crippen LogP contribution in [0.3, 0.4) is 0 Å². The second kappa shape index (κ2) is 8.97. The zero-order chi connectivity index (χ0) is 22.8. The summed E-state index contributed by atoms with van der Waals surface area (Å²) in [6, 6.07) is 7.42. The smallest absolute Gasteiger partial charge is 0.266 e. The molecule has 0 N–H and O–H groups in total. The van der Waals surface area contributed by atoms with E-state index in [1.807, 2.05) is 28.8 Å². The van der Waals surface area contributed by atoms with Crippen LogP contribution >= 0.6 is 0 Å². The molecule has 0 bridgehead atoms. The van der Waals surface area contributed by atoms with Gasteiger partial charge in [0.15, 0.2) is 5.82 Å². The van der Waals surface area contributed by atoms with E-state index in [9.17, 15) is 4.79 Å². The van der Waals surface area contributed by atoms with Gasteiger partial charge in [-0.25, -0.2) is 9.39 Å². The van der Waals surface area contributed by atoms with Crippen LogP contribution in [0.2, 0.25) is 0 Å². The number of fused-ring (bicyclic) bond motifs is 2. The Morgan fingerprint density at radius 3 is 2.76 bits per heavy atom. The van der Waals surface area contributed by atoms with Crippen LogP contribution in [0, 0.1) is 0 Å². The maximum Gasteiger partial charge on any atom is 0.266 e. The largest absolute Gasteiger partial charge is 0.497 e. The molecular weight excluding hydrogens is 422 g/mol. The van der Waals surface area contributed by atoms with Gasteiger partial charge in [-0.15, -0.1) is 10.2 Å². The molecule has 33 heavy (non-hydrogen) atoms. The van der Waals surface area contributed by atoms with Gasteiger partial charge in [0.2, 0.25) is 5.78 Å². The van der Waals surface area contributed by atoms with Gasteiger partial charge in [0.1, 0.15) is 17.4 Å². The first-order chi connectivity index (χ1) is 16.2. The highest BCUT2D eigenvalue weighted by Gasteiger charge is 2.23. The van der Waals surface area contributed by atoms with E-state index >= 15 is 0 Å². The zero-order valence-electron chi connectivity index (χ0n) is 18.7. The molecule has 0 saturated carbocycles. The molecule has 3 aromatic heterocycles. The standard InChI is InChI=1S/C23H25N7O3/c1-3-4-5-14-29-20-17(12-13-24-20)22(31)30-19(26-27-23(29)30)11-10-18-25-21(33-28-18)15-6-8-16(32-2)9-7-15/h6-9,13H,3-5,10-12,14H2,1-2H3. The first kappa shape index (κ1) is 21.0. The highest BCUT2D eigenvalue weighted by Crippen LogP contribution is 2.25. The van der Waals surface area contributed by atoms with Crippen LogP contribution < -0.4 is 10.3 Å². The fraction of sp³-hybridized carbons (Fsp3) is 0.391. The van der Waals surface area contributed by atoms with Crippen molar-refractivity contribution < 1.29 is 9.26 Å². The van der Waals surface area contributed by atoms with E-state index in [4.69, 9.17) is 9.26 Å². The van der Waals surface area contributed by atoms with Gasteiger partial charge in [0, 0.05) is 37.6 Å². The Kier molecular flexibility index (Phi) is 5.72. The van der Waals surface area contributed by atoms with Crippen LogP contribution in [-0.4, -0.2) is 42.6 Å². The van der Waals surface area contributed by atoms with Crippen molar-refractivity contribution >= 4 is 17.8 Å². The van der Waals surface area contributed by atoms with Crippen LogP contribution in [0.15, 0.2) is 38.6 Å². The lowest BCUT2D eigenvalue weighted by Crippen LogP contribution is -2.23. The SMILES string of the molecule is CCCCCn1c2c(c(=O)n3c(CCc4noc(-c5ccc(OC)cc5)n4)nnc13)CC=N2. The Balaban J connectivity index is 1.39. The molecular formula is C23H25N7O3. The molecule has 4 aromatic rings. The third kappa shape index (κ3) is 3.92. The number of aliphatic imine (C=N–C) groups is 1. The number of methoxy groups -OCH3 is 1. The molecule has 1 aliphatic heterocycles. The average molecular weight is 447 g/mol. The number of benzene rings is 1. The monoisotopic (exact) mass is 447 g/mol. The summed E-state index contributed by atoms with van der Waals surface area (Å²) in [6.45, 7) is 2.92. The Bertz CT molecular complexity index is 1370. The molecule has 10 nitrogen and oxygen atoms in total. The van der Waals surface area contributed by atoms with Crippen LogP contribution in [0.25, 0.3) is 17.2 Å². The number of aromatic nitrogens is 6. The summed E-state index contributed by atoms with van der Waals surface area (Å²) >= 11 is 0. The first-order valence-corrected chi connectivity index (χ1v) is 11.2. The van der Waals surface area contributed by atoms with Crippen molar-refractivity contribution in [1.82, 2.24) is 29.3 Å². The fourth-order valence-electron chi connectivity index (χ4n) is 4.05. The van der Waals surface area contributed by atoms with Gasteiger partial charge in [-0.05, 0) is 30.7 Å². The van der Waals surface area contributed by atoms with Gasteiger partial charge in [-0.1, -0.05) is 24.9 Å². The third-order valence-electron chi connectivity index (χ3n) is 5.81. The Morgan fingerprint density at radius 1 is 1.12 bits per heavy atom. The maximum absolute atomic E-state index is 13.2. The summed E-state index contributed by atoms with van der Waals surface area (Å²) < 4.78 is 14.2. The van der Waals surface area contributed by atoms with E-state index < -0.39 is 0 Å². The summed E-state index contributed by atoms with van der Waals surface area (Å²) in [6.07, 6.45) is 6.47. The topological polar surface area (TPSA) is 113 Å². The van der Waals surface area contributed by atoms with Gasteiger partial charge >= 0.3 is 0 Å². The first-order valence-electron chi connectivity index (χ1n) is 11.2. The van der Waals surface area contributed by atoms with Crippen molar-refractivity contribution in [2.24, 2.45) is 4.99 Å². The van der Waals surface area contributed by atoms with Crippen molar-refractivity contribution in [2.45, 2.75) is 52.0 Å². The molecule has 0 amide bonds. The maximum atomic E-state index is 13.2. The lowest BCUT2D eigenvalue weighted by molar-refractivity contribution is 0.414. The van der Waals surface area contributed by atoms with Gasteiger partial charge < -0.3 is 9.26 Å². The van der Waals surface area contributed by atoms with E-state index in [-0.39, 0.29) is 5.56 Å². The number of nitrogens with zero attached hydrogens (tertiary/aromatic N) is 7. The highest BCUT2D eigenvalue weighted by molar-refractivity contribution is 5.74. The van der Waals surface area contributed by atoms with E-state index in [0.717, 1.165) is 37.1 Å². The molecule has 0 atom stereocenters. The van der Waals surface area contributed by atoms with Crippen LogP contribution in [0.4, 0.5) is 5.82 Å². The Hall–Kier alpha value is -3.82. The second-order valence-electron chi connectivity index (χ2n) is 7.98. The molecule has 170 valence electrons. The fourth-order valence-corrected chi connectivity index (χ4v) is 4.05. The summed E-state index contributed by atoms with van der Waals surface area (Å²) in [5.74, 6) is 3.58. The number of aryl methyl sites for hydroxylation is 3. The van der Waals surface area contributed by atoms with Gasteiger partial charge in [-0.3, -0.25) is 9.36 Å². The molecule has 0 radical (unpaired) electrons. The number of unbranched alkanes of at least 4 members (excludes halogenated alkanes) is 2. The lowest BCUT2D eigenvalue weighted by atomic mass is 10.2. The van der Waals surface area contributed by atoms with Crippen LogP contribution in [0.1, 0.15) is 43.4 Å². The van der Waals surface area contributed by atoms with Crippen LogP contribution in [-0.2, 0) is 25.8 Å². The minimum Gasteiger partial charge on any atom is -0.497 e. The van der Waals surface area contributed by atoms with Crippen LogP contribution in [0.5, 0.6) is 5.75 Å². The molecule has 0 saturated heterocycles. The molecule has 0 unspecified atom stereocenters. The Morgan fingerprint density at radius 2 is 1.97 bits per heavy atom. The molecule has 4 heterocycles. The second-order valence-corrected chi connectivity index (χ2v) is 7.98. The summed E-state index contributed by atoms with van der Waals surface area (Å²) in [5, 5.41) is 12.8. The van der Waals surface area contributed by atoms with E-state index in [0.29, 0.717) is 54.0 Å². The molecule has 1 aliphatic rings. The minimum atomic E-state index is -0.101. The van der Waals surface area contributed by atoms with Crippen molar-refractivity contribution in [3.63, 3.8) is 0 Å². The predicted octanol–water partition coefficient (Wildman–Crippen LogP) is 3.18. The van der Waals surface area contributed by atoms with Crippen molar-refractivity contribution in [3.05, 3.63) is 51.8 Å². The molecule has 1 aromatic carbocycles.